The molecule has 1 fully saturated rings. The van der Waals surface area contributed by atoms with Gasteiger partial charge in [-0.15, -0.1) is 11.3 Å². The molecular formula is C15H22N2OS. The molecule has 1 saturated carbocycles. The molecule has 0 unspecified atom stereocenters. The molecule has 0 bridgehead atoms. The third kappa shape index (κ3) is 3.66. The second kappa shape index (κ2) is 6.33. The first-order valence-corrected chi connectivity index (χ1v) is 7.76. The molecule has 0 spiro atoms. The first-order chi connectivity index (χ1) is 9.08. The van der Waals surface area contributed by atoms with Gasteiger partial charge in [0.1, 0.15) is 0 Å². The van der Waals surface area contributed by atoms with Crippen molar-refractivity contribution in [2.45, 2.75) is 44.9 Å². The van der Waals surface area contributed by atoms with E-state index in [-0.39, 0.29) is 5.78 Å². The van der Waals surface area contributed by atoms with Gasteiger partial charge < -0.3 is 4.90 Å². The fourth-order valence-corrected chi connectivity index (χ4v) is 3.62. The maximum absolute atomic E-state index is 12.1. The summed E-state index contributed by atoms with van der Waals surface area (Å²) in [6.45, 7) is 1.94. The van der Waals surface area contributed by atoms with E-state index in [4.69, 9.17) is 0 Å². The van der Waals surface area contributed by atoms with Gasteiger partial charge in [-0.05, 0) is 19.8 Å². The van der Waals surface area contributed by atoms with E-state index in [1.54, 1.807) is 23.6 Å². The van der Waals surface area contributed by atoms with E-state index in [1.807, 2.05) is 25.9 Å². The van der Waals surface area contributed by atoms with Crippen LogP contribution in [0.4, 0.5) is 0 Å². The van der Waals surface area contributed by atoms with E-state index in [0.29, 0.717) is 5.92 Å². The number of thiazole rings is 1. The Morgan fingerprint density at radius 2 is 2.00 bits per heavy atom. The van der Waals surface area contributed by atoms with Crippen molar-refractivity contribution in [2.75, 3.05) is 14.1 Å². The van der Waals surface area contributed by atoms with Gasteiger partial charge in [0.2, 0.25) is 0 Å². The van der Waals surface area contributed by atoms with Crippen molar-refractivity contribution >= 4 is 17.1 Å². The summed E-state index contributed by atoms with van der Waals surface area (Å²) < 4.78 is 0. The monoisotopic (exact) mass is 278 g/mol. The highest BCUT2D eigenvalue weighted by Gasteiger charge is 2.21. The Bertz CT molecular complexity index is 470. The number of hydrogen-bond donors (Lipinski definition) is 0. The lowest BCUT2D eigenvalue weighted by Crippen LogP contribution is -2.03. The highest BCUT2D eigenvalue weighted by molar-refractivity contribution is 7.14. The standard InChI is InChI=1S/C15H22N2OS/c1-11-14(13(18)9-10-17(2)3)19-15(16-11)12-7-5-4-6-8-12/h9-10,12H,4-8H2,1-3H3. The second-order valence-corrected chi connectivity index (χ2v) is 6.48. The summed E-state index contributed by atoms with van der Waals surface area (Å²) in [6.07, 6.45) is 9.83. The van der Waals surface area contributed by atoms with Crippen LogP contribution >= 0.6 is 11.3 Å². The van der Waals surface area contributed by atoms with Crippen molar-refractivity contribution in [3.05, 3.63) is 27.9 Å². The van der Waals surface area contributed by atoms with Crippen LogP contribution in [0.15, 0.2) is 12.3 Å². The highest BCUT2D eigenvalue weighted by atomic mass is 32.1. The Morgan fingerprint density at radius 1 is 1.32 bits per heavy atom. The van der Waals surface area contributed by atoms with E-state index in [9.17, 15) is 4.79 Å². The molecule has 0 radical (unpaired) electrons. The molecule has 0 amide bonds. The summed E-state index contributed by atoms with van der Waals surface area (Å²) in [5.74, 6) is 0.655. The fourth-order valence-electron chi connectivity index (χ4n) is 2.46. The molecule has 1 aliphatic rings. The summed E-state index contributed by atoms with van der Waals surface area (Å²) in [5, 5.41) is 1.17. The number of nitrogens with zero attached hydrogens (tertiary/aromatic N) is 2. The Kier molecular flexibility index (Phi) is 4.75. The number of rotatable bonds is 4. The van der Waals surface area contributed by atoms with Crippen LogP contribution in [0.5, 0.6) is 0 Å². The van der Waals surface area contributed by atoms with E-state index in [2.05, 4.69) is 4.98 Å². The lowest BCUT2D eigenvalue weighted by atomic mass is 9.90. The second-order valence-electron chi connectivity index (χ2n) is 5.45. The summed E-state index contributed by atoms with van der Waals surface area (Å²) in [4.78, 5) is 19.4. The van der Waals surface area contributed by atoms with E-state index in [0.717, 1.165) is 10.6 Å². The van der Waals surface area contributed by atoms with Crippen LogP contribution in [0.2, 0.25) is 0 Å². The van der Waals surface area contributed by atoms with Gasteiger partial charge in [-0.25, -0.2) is 4.98 Å². The van der Waals surface area contributed by atoms with Crippen LogP contribution in [-0.4, -0.2) is 29.8 Å². The average Bonchev–Trinajstić information content (AvgIpc) is 2.79. The quantitative estimate of drug-likeness (QED) is 0.621. The number of aryl methyl sites for hydroxylation is 1. The summed E-state index contributed by atoms with van der Waals surface area (Å²) in [6, 6.07) is 0. The van der Waals surface area contributed by atoms with Gasteiger partial charge in [0.25, 0.3) is 0 Å². The molecular weight excluding hydrogens is 256 g/mol. The molecule has 2 rings (SSSR count). The average molecular weight is 278 g/mol. The third-order valence-electron chi connectivity index (χ3n) is 3.52. The van der Waals surface area contributed by atoms with Crippen molar-refractivity contribution in [2.24, 2.45) is 0 Å². The first-order valence-electron chi connectivity index (χ1n) is 6.94. The van der Waals surface area contributed by atoms with Crippen molar-refractivity contribution in [3.63, 3.8) is 0 Å². The molecule has 1 aliphatic carbocycles. The molecule has 0 aromatic carbocycles. The lowest BCUT2D eigenvalue weighted by molar-refractivity contribution is 0.104. The smallest absolute Gasteiger partial charge is 0.199 e. The molecule has 104 valence electrons. The predicted molar refractivity (Wildman–Crippen MR) is 79.8 cm³/mol. The van der Waals surface area contributed by atoms with E-state index >= 15 is 0 Å². The summed E-state index contributed by atoms with van der Waals surface area (Å²) in [7, 11) is 3.83. The van der Waals surface area contributed by atoms with E-state index in [1.165, 1.54) is 37.1 Å². The number of hydrogen-bond acceptors (Lipinski definition) is 4. The van der Waals surface area contributed by atoms with Crippen LogP contribution in [0.3, 0.4) is 0 Å². The maximum atomic E-state index is 12.1. The fraction of sp³-hybridized carbons (Fsp3) is 0.600. The highest BCUT2D eigenvalue weighted by Crippen LogP contribution is 2.35. The maximum Gasteiger partial charge on any atom is 0.199 e. The van der Waals surface area contributed by atoms with Crippen molar-refractivity contribution in [1.82, 2.24) is 9.88 Å². The summed E-state index contributed by atoms with van der Waals surface area (Å²) >= 11 is 1.60. The number of allylic oxidation sites excluding steroid dienone is 1. The zero-order chi connectivity index (χ0) is 13.8. The molecule has 3 nitrogen and oxygen atoms in total. The summed E-state index contributed by atoms with van der Waals surface area (Å²) in [5.41, 5.74) is 0.888. The van der Waals surface area contributed by atoms with E-state index < -0.39 is 0 Å². The van der Waals surface area contributed by atoms with Gasteiger partial charge >= 0.3 is 0 Å². The molecule has 4 heteroatoms. The van der Waals surface area contributed by atoms with Crippen molar-refractivity contribution < 1.29 is 4.79 Å². The number of carbonyl (C=O) groups excluding carboxylic acids is 1. The zero-order valence-corrected chi connectivity index (χ0v) is 12.8. The number of ketones is 1. The van der Waals surface area contributed by atoms with Crippen LogP contribution < -0.4 is 0 Å². The zero-order valence-electron chi connectivity index (χ0n) is 12.0. The topological polar surface area (TPSA) is 33.2 Å². The van der Waals surface area contributed by atoms with Crippen LogP contribution in [0, 0.1) is 6.92 Å². The molecule has 1 aromatic rings. The van der Waals surface area contributed by atoms with Crippen molar-refractivity contribution in [1.29, 1.82) is 0 Å². The Morgan fingerprint density at radius 3 is 2.63 bits per heavy atom. The minimum Gasteiger partial charge on any atom is -0.383 e. The van der Waals surface area contributed by atoms with Crippen LogP contribution in [-0.2, 0) is 0 Å². The molecule has 1 aromatic heterocycles. The van der Waals surface area contributed by atoms with Crippen molar-refractivity contribution in [3.8, 4) is 0 Å². The minimum atomic E-state index is 0.0748. The number of aromatic nitrogens is 1. The Hall–Kier alpha value is -1.16. The van der Waals surface area contributed by atoms with Crippen LogP contribution in [0.25, 0.3) is 0 Å². The molecule has 0 aliphatic heterocycles. The van der Waals surface area contributed by atoms with Gasteiger partial charge in [-0.2, -0.15) is 0 Å². The molecule has 0 saturated heterocycles. The number of carbonyl (C=O) groups is 1. The van der Waals surface area contributed by atoms with Gasteiger partial charge in [-0.1, -0.05) is 19.3 Å². The minimum absolute atomic E-state index is 0.0748. The SMILES string of the molecule is Cc1nc(C2CCCCC2)sc1C(=O)C=CN(C)C. The third-order valence-corrected chi connectivity index (χ3v) is 4.85. The largest absolute Gasteiger partial charge is 0.383 e. The van der Waals surface area contributed by atoms with Gasteiger partial charge in [0.15, 0.2) is 5.78 Å². The molecule has 0 N–H and O–H groups in total. The first kappa shape index (κ1) is 14.3. The molecule has 19 heavy (non-hydrogen) atoms. The van der Waals surface area contributed by atoms with Gasteiger partial charge in [-0.3, -0.25) is 4.79 Å². The predicted octanol–water partition coefficient (Wildman–Crippen LogP) is 3.76. The normalized spacial score (nSPS) is 17.0. The Balaban J connectivity index is 2.14. The lowest BCUT2D eigenvalue weighted by Gasteiger charge is -2.18. The van der Waals surface area contributed by atoms with Crippen LogP contribution in [0.1, 0.15) is 58.4 Å². The van der Waals surface area contributed by atoms with Gasteiger partial charge in [0.05, 0.1) is 15.6 Å². The van der Waals surface area contributed by atoms with Gasteiger partial charge in [0, 0.05) is 32.3 Å². The molecule has 1 heterocycles. The molecule has 0 atom stereocenters. The Labute approximate surface area is 119 Å².